The first kappa shape index (κ1) is 18.4. The smallest absolute Gasteiger partial charge is 0.335 e. The first-order valence-corrected chi connectivity index (χ1v) is 10.2. The van der Waals surface area contributed by atoms with Crippen molar-refractivity contribution in [1.82, 2.24) is 5.32 Å². The molecule has 5 nitrogen and oxygen atoms in total. The summed E-state index contributed by atoms with van der Waals surface area (Å²) >= 11 is 5.30. The number of thiocarbonyl (C=S) groups is 1. The molecule has 0 aromatic heterocycles. The van der Waals surface area contributed by atoms with Gasteiger partial charge in [0, 0.05) is 12.1 Å². The van der Waals surface area contributed by atoms with Crippen LogP contribution in [0.3, 0.4) is 0 Å². The number of carbonyl (C=O) groups is 2. The predicted octanol–water partition coefficient (Wildman–Crippen LogP) is 4.11. The van der Waals surface area contributed by atoms with Crippen molar-refractivity contribution < 1.29 is 14.7 Å². The van der Waals surface area contributed by atoms with Gasteiger partial charge in [-0.05, 0) is 98.5 Å². The number of aromatic carboxylic acids is 1. The molecule has 0 heterocycles. The van der Waals surface area contributed by atoms with Crippen LogP contribution in [0.5, 0.6) is 0 Å². The lowest BCUT2D eigenvalue weighted by atomic mass is 9.49. The van der Waals surface area contributed by atoms with Crippen LogP contribution in [0.15, 0.2) is 18.2 Å². The van der Waals surface area contributed by atoms with Crippen LogP contribution < -0.4 is 10.6 Å². The van der Waals surface area contributed by atoms with E-state index in [9.17, 15) is 9.59 Å². The molecule has 6 heteroatoms. The largest absolute Gasteiger partial charge is 0.478 e. The lowest BCUT2D eigenvalue weighted by Crippen LogP contribution is -2.48. The molecule has 0 spiro atoms. The van der Waals surface area contributed by atoms with Crippen LogP contribution in [-0.4, -0.2) is 22.1 Å². The minimum atomic E-state index is -0.991. The minimum Gasteiger partial charge on any atom is -0.478 e. The summed E-state index contributed by atoms with van der Waals surface area (Å²) in [6.45, 7) is 1.87. The Bertz CT molecular complexity index is 769. The summed E-state index contributed by atoms with van der Waals surface area (Å²) in [6.07, 6.45) is 8.19. The van der Waals surface area contributed by atoms with Crippen molar-refractivity contribution in [2.45, 2.75) is 51.9 Å². The molecule has 3 N–H and O–H groups in total. The number of carboxylic acid groups (broad SMARTS) is 1. The lowest BCUT2D eigenvalue weighted by molar-refractivity contribution is -0.127. The van der Waals surface area contributed by atoms with Gasteiger partial charge in [0.25, 0.3) is 0 Å². The van der Waals surface area contributed by atoms with E-state index in [0.29, 0.717) is 12.1 Å². The van der Waals surface area contributed by atoms with Crippen LogP contribution in [0.4, 0.5) is 5.69 Å². The summed E-state index contributed by atoms with van der Waals surface area (Å²) in [5, 5.41) is 15.2. The number of aryl methyl sites for hydroxylation is 1. The number of hydrogen-bond donors (Lipinski definition) is 3. The van der Waals surface area contributed by atoms with E-state index in [1.54, 1.807) is 12.1 Å². The summed E-state index contributed by atoms with van der Waals surface area (Å²) < 4.78 is 0. The first-order valence-electron chi connectivity index (χ1n) is 9.77. The topological polar surface area (TPSA) is 78.4 Å². The SMILES string of the molecule is Cc1ccc(C(=O)O)cc1NC(=S)NC(=O)CC12CC3CC(CC(C3)C1)C2. The Kier molecular flexibility index (Phi) is 4.70. The molecular formula is C21H26N2O3S. The van der Waals surface area contributed by atoms with E-state index in [4.69, 9.17) is 17.3 Å². The molecular weight excluding hydrogens is 360 g/mol. The molecule has 0 saturated heterocycles. The highest BCUT2D eigenvalue weighted by atomic mass is 32.1. The van der Waals surface area contributed by atoms with E-state index in [1.807, 2.05) is 6.92 Å². The van der Waals surface area contributed by atoms with E-state index in [-0.39, 0.29) is 22.0 Å². The minimum absolute atomic E-state index is 0.0264. The van der Waals surface area contributed by atoms with Gasteiger partial charge in [-0.2, -0.15) is 0 Å². The number of carbonyl (C=O) groups excluding carboxylic acids is 1. The fourth-order valence-corrected chi connectivity index (χ4v) is 6.28. The summed E-state index contributed by atoms with van der Waals surface area (Å²) in [4.78, 5) is 23.8. The highest BCUT2D eigenvalue weighted by Crippen LogP contribution is 2.61. The highest BCUT2D eigenvalue weighted by Gasteiger charge is 2.51. The number of hydrogen-bond acceptors (Lipinski definition) is 3. The second-order valence-corrected chi connectivity index (χ2v) is 9.34. The van der Waals surface area contributed by atoms with Crippen molar-refractivity contribution in [3.05, 3.63) is 29.3 Å². The number of benzene rings is 1. The van der Waals surface area contributed by atoms with Crippen molar-refractivity contribution in [2.75, 3.05) is 5.32 Å². The molecule has 1 aromatic rings. The molecule has 1 amide bonds. The van der Waals surface area contributed by atoms with E-state index in [2.05, 4.69) is 10.6 Å². The van der Waals surface area contributed by atoms with Crippen molar-refractivity contribution in [3.63, 3.8) is 0 Å². The number of rotatable bonds is 4. The maximum absolute atomic E-state index is 12.7. The zero-order valence-electron chi connectivity index (χ0n) is 15.6. The zero-order valence-corrected chi connectivity index (χ0v) is 16.4. The number of carboxylic acids is 1. The average molecular weight is 387 g/mol. The molecule has 4 fully saturated rings. The average Bonchev–Trinajstić information content (AvgIpc) is 2.54. The Hall–Kier alpha value is -1.95. The third kappa shape index (κ3) is 3.86. The highest BCUT2D eigenvalue weighted by molar-refractivity contribution is 7.80. The Morgan fingerprint density at radius 2 is 1.74 bits per heavy atom. The van der Waals surface area contributed by atoms with Crippen molar-refractivity contribution in [3.8, 4) is 0 Å². The van der Waals surface area contributed by atoms with Crippen LogP contribution in [0.2, 0.25) is 0 Å². The lowest BCUT2D eigenvalue weighted by Gasteiger charge is -2.56. The van der Waals surface area contributed by atoms with E-state index in [1.165, 1.54) is 44.6 Å². The van der Waals surface area contributed by atoms with Crippen molar-refractivity contribution in [2.24, 2.45) is 23.2 Å². The molecule has 4 bridgehead atoms. The van der Waals surface area contributed by atoms with Gasteiger partial charge in [-0.15, -0.1) is 0 Å². The van der Waals surface area contributed by atoms with Gasteiger partial charge in [0.15, 0.2) is 5.11 Å². The Morgan fingerprint density at radius 3 is 2.30 bits per heavy atom. The second-order valence-electron chi connectivity index (χ2n) is 8.93. The Balaban J connectivity index is 1.37. The third-order valence-corrected chi connectivity index (χ3v) is 6.89. The van der Waals surface area contributed by atoms with Crippen molar-refractivity contribution >= 4 is 34.9 Å². The first-order chi connectivity index (χ1) is 12.8. The van der Waals surface area contributed by atoms with Gasteiger partial charge in [0.05, 0.1) is 5.56 Å². The Labute approximate surface area is 164 Å². The van der Waals surface area contributed by atoms with Gasteiger partial charge >= 0.3 is 5.97 Å². The fraction of sp³-hybridized carbons (Fsp3) is 0.571. The molecule has 0 aliphatic heterocycles. The van der Waals surface area contributed by atoms with Crippen LogP contribution >= 0.6 is 12.2 Å². The summed E-state index contributed by atoms with van der Waals surface area (Å²) in [7, 11) is 0. The van der Waals surface area contributed by atoms with Gasteiger partial charge < -0.3 is 15.7 Å². The molecule has 4 aliphatic carbocycles. The molecule has 0 radical (unpaired) electrons. The van der Waals surface area contributed by atoms with Gasteiger partial charge in [0.1, 0.15) is 0 Å². The van der Waals surface area contributed by atoms with Crippen LogP contribution in [0.25, 0.3) is 0 Å². The monoisotopic (exact) mass is 386 g/mol. The molecule has 4 aliphatic rings. The summed E-state index contributed by atoms with van der Waals surface area (Å²) in [6, 6.07) is 4.82. The van der Waals surface area contributed by atoms with E-state index < -0.39 is 5.97 Å². The quantitative estimate of drug-likeness (QED) is 0.679. The molecule has 27 heavy (non-hydrogen) atoms. The van der Waals surface area contributed by atoms with Gasteiger partial charge in [-0.25, -0.2) is 4.79 Å². The van der Waals surface area contributed by atoms with Gasteiger partial charge in [-0.1, -0.05) is 6.07 Å². The van der Waals surface area contributed by atoms with Gasteiger partial charge in [-0.3, -0.25) is 4.79 Å². The van der Waals surface area contributed by atoms with E-state index in [0.717, 1.165) is 23.3 Å². The predicted molar refractivity (Wildman–Crippen MR) is 108 cm³/mol. The molecule has 144 valence electrons. The third-order valence-electron chi connectivity index (χ3n) is 6.69. The molecule has 4 saturated carbocycles. The zero-order chi connectivity index (χ0) is 19.2. The standard InChI is InChI=1S/C21H26N2O3S/c1-12-2-3-16(19(25)26)7-17(12)22-20(27)23-18(24)11-21-8-13-4-14(9-21)6-15(5-13)10-21/h2-3,7,13-15H,4-6,8-11H2,1H3,(H,25,26)(H2,22,23,24,27). The molecule has 0 unspecified atom stereocenters. The van der Waals surface area contributed by atoms with Gasteiger partial charge in [0.2, 0.25) is 5.91 Å². The molecule has 0 atom stereocenters. The van der Waals surface area contributed by atoms with E-state index >= 15 is 0 Å². The maximum Gasteiger partial charge on any atom is 0.335 e. The second kappa shape index (κ2) is 6.89. The normalized spacial score (nSPS) is 30.8. The fourth-order valence-electron chi connectivity index (χ4n) is 6.06. The number of amides is 1. The van der Waals surface area contributed by atoms with Crippen LogP contribution in [-0.2, 0) is 4.79 Å². The number of nitrogens with one attached hydrogen (secondary N) is 2. The summed E-state index contributed by atoms with van der Waals surface area (Å²) in [5.74, 6) is 1.43. The molecule has 5 rings (SSSR count). The van der Waals surface area contributed by atoms with Crippen LogP contribution in [0.1, 0.15) is 60.9 Å². The van der Waals surface area contributed by atoms with Crippen molar-refractivity contribution in [1.29, 1.82) is 0 Å². The Morgan fingerprint density at radius 1 is 1.15 bits per heavy atom. The summed E-state index contributed by atoms with van der Waals surface area (Å²) in [5.41, 5.74) is 1.84. The molecule has 1 aromatic carbocycles. The van der Waals surface area contributed by atoms with Crippen LogP contribution in [0, 0.1) is 30.1 Å². The number of anilines is 1. The maximum atomic E-state index is 12.7.